The minimum absolute atomic E-state index is 0.750. The topological polar surface area (TPSA) is 46.2 Å². The second kappa shape index (κ2) is 25.5. The molecule has 0 heterocycles. The van der Waals surface area contributed by atoms with E-state index in [0.29, 0.717) is 0 Å². The molecular weight excluding hydrogens is 84.0 g/mol. The lowest BCUT2D eigenvalue weighted by Gasteiger charge is -1.63. The predicted molar refractivity (Wildman–Crippen MR) is 19.3 cm³/mol. The Balaban J connectivity index is 0. The molecule has 0 N–H and O–H groups in total. The molecule has 0 fully saturated rings. The number of carbonyl (C=O) groups excluding carboxylic acids is 1. The number of ether oxygens (including phenoxy) is 1. The summed E-state index contributed by atoms with van der Waals surface area (Å²) in [6.07, 6.45) is 0. The molecule has 0 aliphatic heterocycles. The summed E-state index contributed by atoms with van der Waals surface area (Å²) in [5, 5.41) is 8.25. The molecule has 36 valence electrons. The second-order valence-corrected chi connectivity index (χ2v) is 0.287. The zero-order chi connectivity index (χ0) is 5.41. The van der Waals surface area contributed by atoms with E-state index in [4.69, 9.17) is 9.90 Å². The third kappa shape index (κ3) is 110. The van der Waals surface area contributed by atoms with Crippen LogP contribution in [0.25, 0.3) is 0 Å². The van der Waals surface area contributed by atoms with Gasteiger partial charge in [-0.25, -0.2) is 9.90 Å². The molecule has 0 aromatic rings. The fourth-order valence-corrected chi connectivity index (χ4v) is 0. The fourth-order valence-electron chi connectivity index (χ4n) is 0. The van der Waals surface area contributed by atoms with Gasteiger partial charge in [-0.15, -0.1) is 0 Å². The smallest absolute Gasteiger partial charge is 0.417 e. The summed E-state index contributed by atoms with van der Waals surface area (Å²) in [7, 11) is 2.01. The first-order valence-corrected chi connectivity index (χ1v) is 1.22. The average Bonchev–Trinajstić information content (AvgIpc) is 1.72. The van der Waals surface area contributed by atoms with Crippen molar-refractivity contribution in [3.05, 3.63) is 0 Å². The number of rotatable bonds is 1. The fraction of sp³-hybridized carbons (Fsp3) is 0.667. The molecule has 3 heteroatoms. The molecule has 0 unspecified atom stereocenters. The highest BCUT2D eigenvalue weighted by molar-refractivity contribution is 5.37. The van der Waals surface area contributed by atoms with E-state index in [2.05, 4.69) is 4.74 Å². The summed E-state index contributed by atoms with van der Waals surface area (Å²) in [5.41, 5.74) is 0. The Morgan fingerprint density at radius 1 is 1.50 bits per heavy atom. The van der Waals surface area contributed by atoms with Gasteiger partial charge in [-0.1, -0.05) is 0 Å². The molecule has 0 bridgehead atoms. The van der Waals surface area contributed by atoms with E-state index in [9.17, 15) is 0 Å². The molecule has 3 nitrogen and oxygen atoms in total. The Kier molecular flexibility index (Phi) is 38.5. The number of methoxy groups -OCH3 is 1. The van der Waals surface area contributed by atoms with Crippen LogP contribution in [-0.4, -0.2) is 20.7 Å². The summed E-state index contributed by atoms with van der Waals surface area (Å²) in [6, 6.07) is 0. The van der Waals surface area contributed by atoms with Crippen LogP contribution < -0.4 is 0 Å². The minimum Gasteiger partial charge on any atom is -0.461 e. The highest BCUT2D eigenvalue weighted by Gasteiger charge is 1.50. The van der Waals surface area contributed by atoms with Crippen molar-refractivity contribution >= 4 is 6.47 Å². The third-order valence-electron chi connectivity index (χ3n) is 0.0833. The Morgan fingerprint density at radius 3 is 1.67 bits per heavy atom. The van der Waals surface area contributed by atoms with Crippen LogP contribution in [0.4, 0.5) is 0 Å². The van der Waals surface area contributed by atoms with Crippen LogP contribution in [0.2, 0.25) is 0 Å². The van der Waals surface area contributed by atoms with Gasteiger partial charge in [0.05, 0.1) is 14.2 Å². The number of hydrogen-bond acceptors (Lipinski definition) is 2. The second-order valence-electron chi connectivity index (χ2n) is 0.287. The molecule has 0 atom stereocenters. The minimum atomic E-state index is 0.750. The SMILES string of the molecule is CO[C]=O.C[O]. The molecule has 0 aliphatic rings. The normalized spacial score (nSPS) is 4.50. The maximum Gasteiger partial charge on any atom is 0.417 e. The molecule has 0 rings (SSSR count). The van der Waals surface area contributed by atoms with Gasteiger partial charge >= 0.3 is 6.47 Å². The highest BCUT2D eigenvalue weighted by Crippen LogP contribution is 1.35. The van der Waals surface area contributed by atoms with Crippen LogP contribution >= 0.6 is 0 Å². The van der Waals surface area contributed by atoms with Gasteiger partial charge in [-0.05, 0) is 0 Å². The van der Waals surface area contributed by atoms with E-state index in [1.807, 2.05) is 0 Å². The van der Waals surface area contributed by atoms with Crippen molar-refractivity contribution in [3.63, 3.8) is 0 Å². The van der Waals surface area contributed by atoms with Gasteiger partial charge in [0.25, 0.3) is 0 Å². The molecule has 0 saturated carbocycles. The van der Waals surface area contributed by atoms with Crippen molar-refractivity contribution < 1.29 is 14.6 Å². The van der Waals surface area contributed by atoms with Gasteiger partial charge in [0.15, 0.2) is 0 Å². The molecule has 0 spiro atoms. The van der Waals surface area contributed by atoms with Crippen molar-refractivity contribution in [1.29, 1.82) is 0 Å². The van der Waals surface area contributed by atoms with Gasteiger partial charge in [-0.2, -0.15) is 0 Å². The molecular formula is C3H6O3. The van der Waals surface area contributed by atoms with Crippen molar-refractivity contribution in [2.45, 2.75) is 0 Å². The van der Waals surface area contributed by atoms with Gasteiger partial charge in [0.2, 0.25) is 0 Å². The summed E-state index contributed by atoms with van der Waals surface area (Å²) in [4.78, 5) is 8.83. The lowest BCUT2D eigenvalue weighted by molar-refractivity contribution is 0.282. The van der Waals surface area contributed by atoms with E-state index in [0.717, 1.165) is 7.11 Å². The zero-order valence-electron chi connectivity index (χ0n) is 3.72. The maximum absolute atomic E-state index is 8.83. The average molecular weight is 90.1 g/mol. The molecule has 0 aromatic carbocycles. The van der Waals surface area contributed by atoms with Crippen molar-refractivity contribution in [2.24, 2.45) is 0 Å². The number of hydrogen-bond donors (Lipinski definition) is 0. The summed E-state index contributed by atoms with van der Waals surface area (Å²) < 4.78 is 3.74. The summed E-state index contributed by atoms with van der Waals surface area (Å²) in [6.45, 7) is 1.18. The van der Waals surface area contributed by atoms with Gasteiger partial charge < -0.3 is 4.74 Å². The van der Waals surface area contributed by atoms with E-state index < -0.39 is 0 Å². The zero-order valence-corrected chi connectivity index (χ0v) is 3.72. The van der Waals surface area contributed by atoms with Crippen molar-refractivity contribution in [1.82, 2.24) is 0 Å². The van der Waals surface area contributed by atoms with E-state index in [-0.39, 0.29) is 0 Å². The Hall–Kier alpha value is -0.570. The molecule has 0 amide bonds. The van der Waals surface area contributed by atoms with Gasteiger partial charge in [0, 0.05) is 0 Å². The molecule has 0 saturated heterocycles. The van der Waals surface area contributed by atoms with Crippen LogP contribution in [0, 0.1) is 0 Å². The summed E-state index contributed by atoms with van der Waals surface area (Å²) in [5.74, 6) is 0. The van der Waals surface area contributed by atoms with E-state index in [1.165, 1.54) is 13.6 Å². The standard InChI is InChI=1S/C2H3O2.CH3O/c1-4-2-3;1-2/h1H3;1H3. The Labute approximate surface area is 36.5 Å². The van der Waals surface area contributed by atoms with Crippen LogP contribution in [0.5, 0.6) is 0 Å². The Morgan fingerprint density at radius 2 is 1.67 bits per heavy atom. The molecule has 0 aromatic heterocycles. The lowest BCUT2D eigenvalue weighted by atomic mass is 11.5. The van der Waals surface area contributed by atoms with Crippen LogP contribution in [0.1, 0.15) is 0 Å². The van der Waals surface area contributed by atoms with E-state index in [1.54, 1.807) is 0 Å². The third-order valence-corrected chi connectivity index (χ3v) is 0.0833. The highest BCUT2D eigenvalue weighted by atomic mass is 16.5. The summed E-state index contributed by atoms with van der Waals surface area (Å²) >= 11 is 0. The van der Waals surface area contributed by atoms with Gasteiger partial charge in [0.1, 0.15) is 0 Å². The quantitative estimate of drug-likeness (QED) is 0.445. The Bertz CT molecular complexity index is 20.0. The molecule has 0 aliphatic carbocycles. The molecule has 6 heavy (non-hydrogen) atoms. The maximum atomic E-state index is 8.83. The van der Waals surface area contributed by atoms with Crippen LogP contribution in [-0.2, 0) is 14.6 Å². The van der Waals surface area contributed by atoms with E-state index >= 15 is 0 Å². The van der Waals surface area contributed by atoms with Crippen molar-refractivity contribution in [2.75, 3.05) is 14.2 Å². The first kappa shape index (κ1) is 9.06. The largest absolute Gasteiger partial charge is 0.461 e. The van der Waals surface area contributed by atoms with Crippen LogP contribution in [0.15, 0.2) is 0 Å². The van der Waals surface area contributed by atoms with Crippen LogP contribution in [0.3, 0.4) is 0 Å². The van der Waals surface area contributed by atoms with Gasteiger partial charge in [-0.3, -0.25) is 0 Å². The molecule has 2 radical (unpaired) electrons. The monoisotopic (exact) mass is 90.0 g/mol. The lowest BCUT2D eigenvalue weighted by Crippen LogP contribution is -1.68. The first-order chi connectivity index (χ1) is 2.91. The predicted octanol–water partition coefficient (Wildman–Crippen LogP) is -0.253. The van der Waals surface area contributed by atoms with Crippen molar-refractivity contribution in [3.8, 4) is 0 Å². The first-order valence-electron chi connectivity index (χ1n) is 1.22.